The Morgan fingerprint density at radius 2 is 2.25 bits per heavy atom. The molecule has 5 heteroatoms. The summed E-state index contributed by atoms with van der Waals surface area (Å²) in [6.45, 7) is 1.05. The standard InChI is InChI=1S/C15H20N4O/c1-2-6-13(17-10-3-1)15-18-14(20-19-15)8-7-12-5-4-9-16-11-12/h4-5,9,11,13,17H,1-3,6-8,10H2. The first-order valence-corrected chi connectivity index (χ1v) is 7.36. The first-order valence-electron chi connectivity index (χ1n) is 7.36. The molecular weight excluding hydrogens is 252 g/mol. The maximum Gasteiger partial charge on any atom is 0.227 e. The molecule has 2 aromatic heterocycles. The summed E-state index contributed by atoms with van der Waals surface area (Å²) in [5.74, 6) is 1.53. The fraction of sp³-hybridized carbons (Fsp3) is 0.533. The predicted molar refractivity (Wildman–Crippen MR) is 75.2 cm³/mol. The van der Waals surface area contributed by atoms with E-state index in [1.54, 1.807) is 6.20 Å². The Bertz CT molecular complexity index is 518. The molecule has 2 aromatic rings. The molecule has 1 saturated heterocycles. The Kier molecular flexibility index (Phi) is 4.38. The van der Waals surface area contributed by atoms with Crippen LogP contribution in [0.2, 0.25) is 0 Å². The van der Waals surface area contributed by atoms with Crippen molar-refractivity contribution >= 4 is 0 Å². The van der Waals surface area contributed by atoms with Crippen LogP contribution in [0.25, 0.3) is 0 Å². The Morgan fingerprint density at radius 1 is 1.25 bits per heavy atom. The highest BCUT2D eigenvalue weighted by atomic mass is 16.5. The fourth-order valence-corrected chi connectivity index (χ4v) is 2.56. The van der Waals surface area contributed by atoms with Gasteiger partial charge in [0.05, 0.1) is 6.04 Å². The van der Waals surface area contributed by atoms with Crippen LogP contribution in [0.3, 0.4) is 0 Å². The van der Waals surface area contributed by atoms with Crippen LogP contribution in [0, 0.1) is 0 Å². The molecule has 0 aromatic carbocycles. The molecule has 1 atom stereocenters. The summed E-state index contributed by atoms with van der Waals surface area (Å²) in [6, 6.07) is 4.27. The molecular formula is C15H20N4O. The van der Waals surface area contributed by atoms with Gasteiger partial charge in [0, 0.05) is 18.8 Å². The fourth-order valence-electron chi connectivity index (χ4n) is 2.56. The van der Waals surface area contributed by atoms with Crippen molar-refractivity contribution in [2.45, 2.75) is 44.6 Å². The molecule has 5 nitrogen and oxygen atoms in total. The molecule has 0 aliphatic carbocycles. The number of nitrogens with one attached hydrogen (secondary N) is 1. The lowest BCUT2D eigenvalue weighted by molar-refractivity contribution is 0.363. The number of aryl methyl sites for hydroxylation is 2. The van der Waals surface area contributed by atoms with Crippen LogP contribution < -0.4 is 5.32 Å². The van der Waals surface area contributed by atoms with Crippen molar-refractivity contribution in [3.05, 3.63) is 41.8 Å². The van der Waals surface area contributed by atoms with E-state index < -0.39 is 0 Å². The van der Waals surface area contributed by atoms with Gasteiger partial charge in [0.2, 0.25) is 5.89 Å². The van der Waals surface area contributed by atoms with E-state index in [0.29, 0.717) is 0 Å². The van der Waals surface area contributed by atoms with E-state index in [9.17, 15) is 0 Å². The Labute approximate surface area is 118 Å². The molecule has 20 heavy (non-hydrogen) atoms. The van der Waals surface area contributed by atoms with Gasteiger partial charge in [-0.25, -0.2) is 0 Å². The molecule has 0 saturated carbocycles. The van der Waals surface area contributed by atoms with Gasteiger partial charge in [0.25, 0.3) is 0 Å². The van der Waals surface area contributed by atoms with Gasteiger partial charge in [-0.15, -0.1) is 0 Å². The number of aromatic nitrogens is 3. The summed E-state index contributed by atoms with van der Waals surface area (Å²) in [5, 5.41) is 7.62. The van der Waals surface area contributed by atoms with E-state index in [2.05, 4.69) is 26.5 Å². The van der Waals surface area contributed by atoms with Gasteiger partial charge in [-0.1, -0.05) is 24.1 Å². The van der Waals surface area contributed by atoms with E-state index in [1.807, 2.05) is 12.3 Å². The largest absolute Gasteiger partial charge is 0.339 e. The predicted octanol–water partition coefficient (Wildman–Crippen LogP) is 2.45. The van der Waals surface area contributed by atoms with E-state index in [4.69, 9.17) is 4.52 Å². The molecule has 1 unspecified atom stereocenters. The van der Waals surface area contributed by atoms with Crippen LogP contribution in [-0.4, -0.2) is 21.7 Å². The summed E-state index contributed by atoms with van der Waals surface area (Å²) < 4.78 is 5.36. The molecule has 0 radical (unpaired) electrons. The molecule has 1 aliphatic rings. The zero-order chi connectivity index (χ0) is 13.6. The third-order valence-electron chi connectivity index (χ3n) is 3.71. The van der Waals surface area contributed by atoms with Crippen molar-refractivity contribution in [2.24, 2.45) is 0 Å². The lowest BCUT2D eigenvalue weighted by Crippen LogP contribution is -2.21. The topological polar surface area (TPSA) is 63.8 Å². The Morgan fingerprint density at radius 3 is 3.15 bits per heavy atom. The van der Waals surface area contributed by atoms with Crippen LogP contribution >= 0.6 is 0 Å². The smallest absolute Gasteiger partial charge is 0.227 e. The highest BCUT2D eigenvalue weighted by Gasteiger charge is 2.19. The average molecular weight is 272 g/mol. The second kappa shape index (κ2) is 6.61. The van der Waals surface area contributed by atoms with Gasteiger partial charge in [-0.05, 0) is 37.4 Å². The second-order valence-electron chi connectivity index (χ2n) is 5.26. The zero-order valence-electron chi connectivity index (χ0n) is 11.6. The van der Waals surface area contributed by atoms with E-state index in [-0.39, 0.29) is 6.04 Å². The maximum atomic E-state index is 5.36. The SMILES string of the molecule is c1cncc(CCc2nc(C3CCCCCN3)no2)c1. The van der Waals surface area contributed by atoms with Crippen LogP contribution in [0.1, 0.15) is 49.0 Å². The van der Waals surface area contributed by atoms with Crippen LogP contribution in [0.5, 0.6) is 0 Å². The summed E-state index contributed by atoms with van der Waals surface area (Å²) >= 11 is 0. The van der Waals surface area contributed by atoms with Crippen LogP contribution in [0.15, 0.2) is 29.0 Å². The normalized spacial score (nSPS) is 19.7. The van der Waals surface area contributed by atoms with E-state index in [0.717, 1.165) is 37.5 Å². The molecule has 3 heterocycles. The monoisotopic (exact) mass is 272 g/mol. The molecule has 1 fully saturated rings. The maximum absolute atomic E-state index is 5.36. The van der Waals surface area contributed by atoms with Crippen molar-refractivity contribution < 1.29 is 4.52 Å². The number of rotatable bonds is 4. The van der Waals surface area contributed by atoms with Gasteiger partial charge < -0.3 is 9.84 Å². The van der Waals surface area contributed by atoms with Gasteiger partial charge in [0.15, 0.2) is 5.82 Å². The highest BCUT2D eigenvalue weighted by Crippen LogP contribution is 2.20. The van der Waals surface area contributed by atoms with Crippen molar-refractivity contribution in [1.82, 2.24) is 20.4 Å². The number of nitrogens with zero attached hydrogens (tertiary/aromatic N) is 3. The van der Waals surface area contributed by atoms with Gasteiger partial charge in [0.1, 0.15) is 0 Å². The van der Waals surface area contributed by atoms with Gasteiger partial charge >= 0.3 is 0 Å². The quantitative estimate of drug-likeness (QED) is 0.926. The third kappa shape index (κ3) is 3.42. The summed E-state index contributed by atoms with van der Waals surface area (Å²) in [6.07, 6.45) is 10.2. The molecule has 106 valence electrons. The zero-order valence-corrected chi connectivity index (χ0v) is 11.6. The van der Waals surface area contributed by atoms with Crippen LogP contribution in [-0.2, 0) is 12.8 Å². The summed E-state index contributed by atoms with van der Waals surface area (Å²) in [7, 11) is 0. The number of pyridine rings is 1. The number of hydrogen-bond donors (Lipinski definition) is 1. The second-order valence-corrected chi connectivity index (χ2v) is 5.26. The Hall–Kier alpha value is -1.75. The van der Waals surface area contributed by atoms with Gasteiger partial charge in [-0.3, -0.25) is 4.98 Å². The minimum Gasteiger partial charge on any atom is -0.339 e. The summed E-state index contributed by atoms with van der Waals surface area (Å²) in [5.41, 5.74) is 1.19. The van der Waals surface area contributed by atoms with E-state index >= 15 is 0 Å². The Balaban J connectivity index is 1.58. The first kappa shape index (κ1) is 13.2. The molecule has 0 spiro atoms. The van der Waals surface area contributed by atoms with Crippen molar-refractivity contribution in [2.75, 3.05) is 6.54 Å². The first-order chi connectivity index (χ1) is 9.92. The lowest BCUT2D eigenvalue weighted by atomic mass is 10.1. The molecule has 1 aliphatic heterocycles. The van der Waals surface area contributed by atoms with Gasteiger partial charge in [-0.2, -0.15) is 4.98 Å². The minimum atomic E-state index is 0.258. The highest BCUT2D eigenvalue weighted by molar-refractivity contribution is 5.09. The minimum absolute atomic E-state index is 0.258. The summed E-state index contributed by atoms with van der Waals surface area (Å²) in [4.78, 5) is 8.64. The average Bonchev–Trinajstić information content (AvgIpc) is 2.80. The van der Waals surface area contributed by atoms with Crippen molar-refractivity contribution in [1.29, 1.82) is 0 Å². The third-order valence-corrected chi connectivity index (χ3v) is 3.71. The molecule has 3 rings (SSSR count). The lowest BCUT2D eigenvalue weighted by Gasteiger charge is -2.09. The molecule has 1 N–H and O–H groups in total. The number of hydrogen-bond acceptors (Lipinski definition) is 5. The molecule has 0 amide bonds. The molecule has 0 bridgehead atoms. The van der Waals surface area contributed by atoms with Crippen LogP contribution in [0.4, 0.5) is 0 Å². The van der Waals surface area contributed by atoms with Crippen molar-refractivity contribution in [3.8, 4) is 0 Å². The van der Waals surface area contributed by atoms with Crippen molar-refractivity contribution in [3.63, 3.8) is 0 Å². The van der Waals surface area contributed by atoms with E-state index in [1.165, 1.54) is 24.8 Å².